The molecule has 0 spiro atoms. The molecule has 0 saturated carbocycles. The summed E-state index contributed by atoms with van der Waals surface area (Å²) in [7, 11) is 3.05. The van der Waals surface area contributed by atoms with Gasteiger partial charge >= 0.3 is 12.1 Å². The average molecular weight is 627 g/mol. The van der Waals surface area contributed by atoms with E-state index in [0.717, 1.165) is 78.8 Å². The molecule has 0 aliphatic carbocycles. The Balaban J connectivity index is 0.000000335. The maximum absolute atomic E-state index is 12.7. The van der Waals surface area contributed by atoms with Crippen molar-refractivity contribution in [2.45, 2.75) is 98.8 Å². The number of fused-ring (bicyclic) bond motifs is 1. The molecular weight excluding hydrogens is 572 g/mol. The molecule has 1 aliphatic heterocycles. The van der Waals surface area contributed by atoms with Gasteiger partial charge in [-0.15, -0.1) is 0 Å². The number of methoxy groups -OCH3 is 2. The number of hydrogen-bond acceptors (Lipinski definition) is 8. The van der Waals surface area contributed by atoms with Crippen LogP contribution < -0.4 is 9.47 Å². The SMILES string of the molecule is CC.CCCCCOc1cccc(C(=O)OC)c1.COc1cc(C)c2c(ccn2C(=O)OC(C)(C)C)c1CN1CCC(O)CC1. The standard InChI is InChI=1S/C21H30N2O4.C13H18O3.C2H6/c1-14-12-18(26-5)17(13-22-9-6-15(24)7-10-22)16-8-11-23(19(14)16)20(25)27-21(2,3)4;1-3-4-5-9-16-12-8-6-7-11(10-12)13(14)15-2;1-2/h8,11-12,15,24H,6-7,9-10,13H2,1-5H3;6-8,10H,3-5,9H2,1-2H3;1-2H3. The molecule has 4 rings (SSSR count). The minimum Gasteiger partial charge on any atom is -0.496 e. The summed E-state index contributed by atoms with van der Waals surface area (Å²) in [4.78, 5) is 26.2. The fourth-order valence-corrected chi connectivity index (χ4v) is 5.05. The van der Waals surface area contributed by atoms with Crippen LogP contribution in [0.5, 0.6) is 11.5 Å². The number of ether oxygens (including phenoxy) is 4. The van der Waals surface area contributed by atoms with Crippen LogP contribution in [0.4, 0.5) is 4.79 Å². The molecule has 9 heteroatoms. The van der Waals surface area contributed by atoms with Gasteiger partial charge in [-0.2, -0.15) is 0 Å². The van der Waals surface area contributed by atoms with E-state index in [-0.39, 0.29) is 18.2 Å². The Morgan fingerprint density at radius 2 is 1.71 bits per heavy atom. The summed E-state index contributed by atoms with van der Waals surface area (Å²) >= 11 is 0. The lowest BCUT2D eigenvalue weighted by molar-refractivity contribution is 0.0542. The second-order valence-electron chi connectivity index (χ2n) is 11.9. The van der Waals surface area contributed by atoms with Crippen LogP contribution in [0.25, 0.3) is 10.9 Å². The summed E-state index contributed by atoms with van der Waals surface area (Å²) in [5.74, 6) is 1.21. The molecule has 3 aromatic rings. The zero-order chi connectivity index (χ0) is 33.6. The predicted molar refractivity (Wildman–Crippen MR) is 180 cm³/mol. The lowest BCUT2D eigenvalue weighted by Gasteiger charge is -2.30. The van der Waals surface area contributed by atoms with E-state index in [1.807, 2.05) is 59.7 Å². The van der Waals surface area contributed by atoms with Gasteiger partial charge < -0.3 is 24.1 Å². The zero-order valence-corrected chi connectivity index (χ0v) is 28.8. The smallest absolute Gasteiger partial charge is 0.419 e. The predicted octanol–water partition coefficient (Wildman–Crippen LogP) is 7.77. The number of aliphatic hydroxyl groups is 1. The van der Waals surface area contributed by atoms with Crippen molar-refractivity contribution < 1.29 is 33.6 Å². The first-order valence-electron chi connectivity index (χ1n) is 16.1. The molecule has 1 saturated heterocycles. The highest BCUT2D eigenvalue weighted by atomic mass is 16.6. The second kappa shape index (κ2) is 18.4. The molecular formula is C36H54N2O7. The second-order valence-corrected chi connectivity index (χ2v) is 11.9. The van der Waals surface area contributed by atoms with Gasteiger partial charge in [0.15, 0.2) is 0 Å². The summed E-state index contributed by atoms with van der Waals surface area (Å²) in [5.41, 5.74) is 2.87. The Labute approximate surface area is 269 Å². The van der Waals surface area contributed by atoms with Crippen LogP contribution in [-0.2, 0) is 16.0 Å². The number of hydrogen-bond donors (Lipinski definition) is 1. The fraction of sp³-hybridized carbons (Fsp3) is 0.556. The van der Waals surface area contributed by atoms with Crippen LogP contribution >= 0.6 is 0 Å². The molecule has 0 amide bonds. The number of aliphatic hydroxyl groups excluding tert-OH is 1. The van der Waals surface area contributed by atoms with Crippen molar-refractivity contribution in [3.63, 3.8) is 0 Å². The molecule has 1 aliphatic rings. The number of aryl methyl sites for hydroxylation is 1. The maximum atomic E-state index is 12.7. The van der Waals surface area contributed by atoms with Gasteiger partial charge in [-0.25, -0.2) is 9.59 Å². The first kappa shape index (κ1) is 37.6. The summed E-state index contributed by atoms with van der Waals surface area (Å²) in [6.07, 6.45) is 6.15. The third-order valence-electron chi connectivity index (χ3n) is 7.25. The van der Waals surface area contributed by atoms with E-state index >= 15 is 0 Å². The van der Waals surface area contributed by atoms with Gasteiger partial charge in [-0.3, -0.25) is 9.47 Å². The Morgan fingerprint density at radius 1 is 1.02 bits per heavy atom. The van der Waals surface area contributed by atoms with Gasteiger partial charge in [0.2, 0.25) is 0 Å². The molecule has 0 unspecified atom stereocenters. The fourth-order valence-electron chi connectivity index (χ4n) is 5.05. The lowest BCUT2D eigenvalue weighted by Crippen LogP contribution is -2.35. The van der Waals surface area contributed by atoms with Crippen LogP contribution in [0, 0.1) is 6.92 Å². The summed E-state index contributed by atoms with van der Waals surface area (Å²) in [6.45, 7) is 16.8. The van der Waals surface area contributed by atoms with Crippen molar-refractivity contribution in [1.82, 2.24) is 9.47 Å². The Morgan fingerprint density at radius 3 is 2.31 bits per heavy atom. The number of unbranched alkanes of at least 4 members (excludes halogenated alkanes) is 2. The van der Waals surface area contributed by atoms with Gasteiger partial charge in [0, 0.05) is 36.8 Å². The third-order valence-corrected chi connectivity index (χ3v) is 7.25. The van der Waals surface area contributed by atoms with Gasteiger partial charge in [-0.05, 0) is 82.9 Å². The highest BCUT2D eigenvalue weighted by molar-refractivity contribution is 5.95. The van der Waals surface area contributed by atoms with Crippen molar-refractivity contribution in [3.8, 4) is 11.5 Å². The first-order chi connectivity index (χ1) is 21.5. The topological polar surface area (TPSA) is 99.5 Å². The van der Waals surface area contributed by atoms with E-state index in [9.17, 15) is 14.7 Å². The highest BCUT2D eigenvalue weighted by Crippen LogP contribution is 2.34. The molecule has 0 atom stereocenters. The van der Waals surface area contributed by atoms with E-state index < -0.39 is 5.60 Å². The number of likely N-dealkylation sites (tertiary alicyclic amines) is 1. The highest BCUT2D eigenvalue weighted by Gasteiger charge is 2.24. The minimum absolute atomic E-state index is 0.200. The number of aromatic nitrogens is 1. The molecule has 1 aromatic heterocycles. The largest absolute Gasteiger partial charge is 0.496 e. The molecule has 45 heavy (non-hydrogen) atoms. The molecule has 2 heterocycles. The van der Waals surface area contributed by atoms with E-state index in [4.69, 9.17) is 14.2 Å². The van der Waals surface area contributed by atoms with E-state index in [1.165, 1.54) is 13.5 Å². The van der Waals surface area contributed by atoms with Crippen molar-refractivity contribution in [3.05, 3.63) is 59.3 Å². The van der Waals surface area contributed by atoms with Crippen LogP contribution in [0.3, 0.4) is 0 Å². The Bertz CT molecular complexity index is 1350. The average Bonchev–Trinajstić information content (AvgIpc) is 3.48. The van der Waals surface area contributed by atoms with E-state index in [1.54, 1.807) is 36.1 Å². The number of benzene rings is 2. The van der Waals surface area contributed by atoms with Crippen molar-refractivity contribution in [1.29, 1.82) is 0 Å². The summed E-state index contributed by atoms with van der Waals surface area (Å²) in [6, 6.07) is 11.0. The van der Waals surface area contributed by atoms with Gasteiger partial charge in [0.1, 0.15) is 17.1 Å². The van der Waals surface area contributed by atoms with Gasteiger partial charge in [0.05, 0.1) is 38.0 Å². The Kier molecular flexibility index (Phi) is 15.4. The van der Waals surface area contributed by atoms with Gasteiger partial charge in [0.25, 0.3) is 0 Å². The quantitative estimate of drug-likeness (QED) is 0.190. The number of carbonyl (C=O) groups excluding carboxylic acids is 2. The molecule has 0 radical (unpaired) electrons. The maximum Gasteiger partial charge on any atom is 0.419 e. The van der Waals surface area contributed by atoms with Crippen LogP contribution in [-0.4, -0.2) is 72.3 Å². The lowest BCUT2D eigenvalue weighted by atomic mass is 10.0. The van der Waals surface area contributed by atoms with Crippen LogP contribution in [0.15, 0.2) is 42.6 Å². The Hall–Kier alpha value is -3.56. The third kappa shape index (κ3) is 11.4. The van der Waals surface area contributed by atoms with Gasteiger partial charge in [-0.1, -0.05) is 39.7 Å². The normalized spacial score (nSPS) is 13.6. The minimum atomic E-state index is -0.550. The number of piperidine rings is 1. The molecule has 9 nitrogen and oxygen atoms in total. The molecule has 2 aromatic carbocycles. The van der Waals surface area contributed by atoms with Crippen molar-refractivity contribution in [2.75, 3.05) is 33.9 Å². The molecule has 0 bridgehead atoms. The molecule has 1 fully saturated rings. The monoisotopic (exact) mass is 626 g/mol. The van der Waals surface area contributed by atoms with Crippen LogP contribution in [0.2, 0.25) is 0 Å². The zero-order valence-electron chi connectivity index (χ0n) is 28.8. The van der Waals surface area contributed by atoms with Crippen molar-refractivity contribution in [2.24, 2.45) is 0 Å². The number of carbonyl (C=O) groups is 2. The van der Waals surface area contributed by atoms with Crippen LogP contribution in [0.1, 0.15) is 95.1 Å². The summed E-state index contributed by atoms with van der Waals surface area (Å²) < 4.78 is 23.0. The number of rotatable bonds is 9. The van der Waals surface area contributed by atoms with Crippen molar-refractivity contribution >= 4 is 23.0 Å². The first-order valence-corrected chi connectivity index (χ1v) is 16.1. The van der Waals surface area contributed by atoms with E-state index in [2.05, 4.69) is 16.6 Å². The molecule has 1 N–H and O–H groups in total. The van der Waals surface area contributed by atoms with E-state index in [0.29, 0.717) is 12.2 Å². The number of nitrogens with zero attached hydrogens (tertiary/aromatic N) is 2. The summed E-state index contributed by atoms with van der Waals surface area (Å²) in [5, 5.41) is 10.8. The number of esters is 1. The molecule has 250 valence electrons.